The van der Waals surface area contributed by atoms with Crippen LogP contribution in [0.3, 0.4) is 0 Å². The van der Waals surface area contributed by atoms with Crippen LogP contribution in [0.25, 0.3) is 0 Å². The SMILES string of the molecule is COCC1=C2C=CC=C2OC1O. The smallest absolute Gasteiger partial charge is 0.223 e. The molecule has 0 saturated carbocycles. The number of aliphatic hydroxyl groups is 1. The van der Waals surface area contributed by atoms with Gasteiger partial charge in [-0.1, -0.05) is 12.2 Å². The molecule has 0 aromatic heterocycles. The van der Waals surface area contributed by atoms with E-state index in [4.69, 9.17) is 9.47 Å². The summed E-state index contributed by atoms with van der Waals surface area (Å²) >= 11 is 0. The molecule has 0 fully saturated rings. The molecule has 2 rings (SSSR count). The van der Waals surface area contributed by atoms with Gasteiger partial charge in [-0.3, -0.25) is 0 Å². The van der Waals surface area contributed by atoms with Crippen molar-refractivity contribution < 1.29 is 14.6 Å². The zero-order chi connectivity index (χ0) is 8.55. The molecule has 0 radical (unpaired) electrons. The second-order valence-corrected chi connectivity index (χ2v) is 2.73. The summed E-state index contributed by atoms with van der Waals surface area (Å²) in [6.07, 6.45) is 4.82. The van der Waals surface area contributed by atoms with Crippen LogP contribution >= 0.6 is 0 Å². The number of allylic oxidation sites excluding steroid dienone is 3. The van der Waals surface area contributed by atoms with Crippen LogP contribution < -0.4 is 0 Å². The molecule has 1 unspecified atom stereocenters. The van der Waals surface area contributed by atoms with E-state index in [-0.39, 0.29) is 0 Å². The van der Waals surface area contributed by atoms with Crippen LogP contribution in [0.15, 0.2) is 35.1 Å². The van der Waals surface area contributed by atoms with Gasteiger partial charge in [-0.25, -0.2) is 0 Å². The predicted octanol–water partition coefficient (Wildman–Crippen LogP) is 0.732. The summed E-state index contributed by atoms with van der Waals surface area (Å²) in [6.45, 7) is 0.415. The fourth-order valence-electron chi connectivity index (χ4n) is 1.40. The molecule has 0 saturated heterocycles. The van der Waals surface area contributed by atoms with Gasteiger partial charge in [0.1, 0.15) is 5.76 Å². The summed E-state index contributed by atoms with van der Waals surface area (Å²) < 4.78 is 10.1. The molecule has 0 aromatic carbocycles. The van der Waals surface area contributed by atoms with Crippen LogP contribution in [0, 0.1) is 0 Å². The molecule has 0 aromatic rings. The number of hydrogen-bond donors (Lipinski definition) is 1. The lowest BCUT2D eigenvalue weighted by atomic mass is 10.1. The van der Waals surface area contributed by atoms with Gasteiger partial charge in [0.15, 0.2) is 0 Å². The highest BCUT2D eigenvalue weighted by molar-refractivity contribution is 5.51. The van der Waals surface area contributed by atoms with Crippen molar-refractivity contribution in [2.75, 3.05) is 13.7 Å². The number of rotatable bonds is 2. The Morgan fingerprint density at radius 3 is 3.25 bits per heavy atom. The van der Waals surface area contributed by atoms with Crippen LogP contribution in [0.5, 0.6) is 0 Å². The fourth-order valence-corrected chi connectivity index (χ4v) is 1.40. The average Bonchev–Trinajstić information content (AvgIpc) is 2.56. The molecule has 0 bridgehead atoms. The fraction of sp³-hybridized carbons (Fsp3) is 0.333. The van der Waals surface area contributed by atoms with Crippen molar-refractivity contribution in [1.82, 2.24) is 0 Å². The Hall–Kier alpha value is -1.06. The Morgan fingerprint density at radius 2 is 2.50 bits per heavy atom. The maximum absolute atomic E-state index is 9.39. The highest BCUT2D eigenvalue weighted by Gasteiger charge is 2.28. The summed E-state index contributed by atoms with van der Waals surface area (Å²) in [4.78, 5) is 0. The van der Waals surface area contributed by atoms with E-state index in [1.165, 1.54) is 0 Å². The van der Waals surface area contributed by atoms with Gasteiger partial charge in [0, 0.05) is 18.3 Å². The minimum absolute atomic E-state index is 0.415. The lowest BCUT2D eigenvalue weighted by molar-refractivity contribution is -0.0253. The van der Waals surface area contributed by atoms with E-state index in [2.05, 4.69) is 0 Å². The van der Waals surface area contributed by atoms with Gasteiger partial charge in [0.25, 0.3) is 0 Å². The van der Waals surface area contributed by atoms with Gasteiger partial charge in [-0.2, -0.15) is 0 Å². The molecular weight excluding hydrogens is 156 g/mol. The van der Waals surface area contributed by atoms with Crippen molar-refractivity contribution >= 4 is 0 Å². The van der Waals surface area contributed by atoms with Crippen molar-refractivity contribution in [1.29, 1.82) is 0 Å². The van der Waals surface area contributed by atoms with Crippen molar-refractivity contribution in [2.45, 2.75) is 6.29 Å². The maximum atomic E-state index is 9.39. The van der Waals surface area contributed by atoms with E-state index in [1.54, 1.807) is 7.11 Å². The summed E-state index contributed by atoms with van der Waals surface area (Å²) in [5, 5.41) is 9.39. The summed E-state index contributed by atoms with van der Waals surface area (Å²) in [6, 6.07) is 0. The lowest BCUT2D eigenvalue weighted by Crippen LogP contribution is -2.11. The van der Waals surface area contributed by atoms with Gasteiger partial charge >= 0.3 is 0 Å². The second-order valence-electron chi connectivity index (χ2n) is 2.73. The molecular formula is C9H10O3. The largest absolute Gasteiger partial charge is 0.460 e. The van der Waals surface area contributed by atoms with Crippen molar-refractivity contribution in [2.24, 2.45) is 0 Å². The van der Waals surface area contributed by atoms with Gasteiger partial charge in [-0.15, -0.1) is 0 Å². The Balaban J connectivity index is 2.31. The second kappa shape index (κ2) is 2.77. The number of methoxy groups -OCH3 is 1. The average molecular weight is 166 g/mol. The van der Waals surface area contributed by atoms with Gasteiger partial charge < -0.3 is 14.6 Å². The third-order valence-electron chi connectivity index (χ3n) is 1.96. The summed E-state index contributed by atoms with van der Waals surface area (Å²) in [7, 11) is 1.60. The van der Waals surface area contributed by atoms with Crippen LogP contribution in [0.2, 0.25) is 0 Å². The summed E-state index contributed by atoms with van der Waals surface area (Å²) in [5.41, 5.74) is 1.77. The van der Waals surface area contributed by atoms with E-state index < -0.39 is 6.29 Å². The zero-order valence-corrected chi connectivity index (χ0v) is 6.78. The van der Waals surface area contributed by atoms with Crippen LogP contribution in [0.4, 0.5) is 0 Å². The standard InChI is InChI=1S/C9H10O3/c1-11-5-7-6-3-2-4-8(6)12-9(7)10/h2-4,9-10H,5H2,1H3. The quantitative estimate of drug-likeness (QED) is 0.657. The monoisotopic (exact) mass is 166 g/mol. The van der Waals surface area contributed by atoms with Crippen LogP contribution in [0.1, 0.15) is 0 Å². The van der Waals surface area contributed by atoms with E-state index in [1.807, 2.05) is 18.2 Å². The van der Waals surface area contributed by atoms with Crippen molar-refractivity contribution in [3.63, 3.8) is 0 Å². The first kappa shape index (κ1) is 7.58. The Morgan fingerprint density at radius 1 is 1.67 bits per heavy atom. The topological polar surface area (TPSA) is 38.7 Å². The summed E-state index contributed by atoms with van der Waals surface area (Å²) in [5.74, 6) is 0.745. The highest BCUT2D eigenvalue weighted by Crippen LogP contribution is 2.33. The van der Waals surface area contributed by atoms with Crippen LogP contribution in [-0.4, -0.2) is 25.1 Å². The van der Waals surface area contributed by atoms with E-state index >= 15 is 0 Å². The lowest BCUT2D eigenvalue weighted by Gasteiger charge is -2.06. The molecule has 64 valence electrons. The molecule has 0 amide bonds. The van der Waals surface area contributed by atoms with Crippen LogP contribution in [-0.2, 0) is 9.47 Å². The number of ether oxygens (including phenoxy) is 2. The first-order valence-electron chi connectivity index (χ1n) is 3.78. The first-order chi connectivity index (χ1) is 5.83. The molecule has 1 aliphatic carbocycles. The molecule has 1 atom stereocenters. The third-order valence-corrected chi connectivity index (χ3v) is 1.96. The molecule has 1 N–H and O–H groups in total. The first-order valence-corrected chi connectivity index (χ1v) is 3.78. The van der Waals surface area contributed by atoms with E-state index in [9.17, 15) is 5.11 Å². The molecule has 0 spiro atoms. The van der Waals surface area contributed by atoms with Gasteiger partial charge in [0.05, 0.1) is 6.61 Å². The van der Waals surface area contributed by atoms with Crippen molar-refractivity contribution in [3.8, 4) is 0 Å². The van der Waals surface area contributed by atoms with Gasteiger partial charge in [-0.05, 0) is 6.08 Å². The Kier molecular flexibility index (Phi) is 1.75. The molecule has 12 heavy (non-hydrogen) atoms. The predicted molar refractivity (Wildman–Crippen MR) is 43.2 cm³/mol. The number of fused-ring (bicyclic) bond motifs is 1. The zero-order valence-electron chi connectivity index (χ0n) is 6.78. The van der Waals surface area contributed by atoms with Gasteiger partial charge in [0.2, 0.25) is 6.29 Å². The van der Waals surface area contributed by atoms with Crippen molar-refractivity contribution in [3.05, 3.63) is 35.1 Å². The number of aliphatic hydroxyl groups excluding tert-OH is 1. The molecule has 1 heterocycles. The molecule has 3 nitrogen and oxygen atoms in total. The Labute approximate surface area is 70.6 Å². The minimum atomic E-state index is -0.823. The normalized spacial score (nSPS) is 25.8. The molecule has 1 aliphatic heterocycles. The van der Waals surface area contributed by atoms with E-state index in [0.717, 1.165) is 16.9 Å². The Bertz CT molecular complexity index is 286. The molecule has 2 aliphatic rings. The molecule has 3 heteroatoms. The minimum Gasteiger partial charge on any atom is -0.460 e. The third kappa shape index (κ3) is 0.983. The van der Waals surface area contributed by atoms with E-state index in [0.29, 0.717) is 6.61 Å². The number of hydrogen-bond acceptors (Lipinski definition) is 3. The highest BCUT2D eigenvalue weighted by atomic mass is 16.6. The maximum Gasteiger partial charge on any atom is 0.223 e.